The van der Waals surface area contributed by atoms with Crippen LogP contribution in [0.15, 0.2) is 0 Å². The van der Waals surface area contributed by atoms with E-state index in [9.17, 15) is 0 Å². The number of nitrogen functional groups attached to an aromatic ring is 1. The first-order chi connectivity index (χ1) is 7.36. The average molecular weight is 227 g/mol. The van der Waals surface area contributed by atoms with Gasteiger partial charge in [0.25, 0.3) is 0 Å². The van der Waals surface area contributed by atoms with Gasteiger partial charge in [0.05, 0.1) is 12.7 Å². The van der Waals surface area contributed by atoms with Gasteiger partial charge in [-0.1, -0.05) is 30.2 Å². The molecule has 1 saturated carbocycles. The van der Waals surface area contributed by atoms with Crippen LogP contribution in [-0.4, -0.2) is 15.7 Å². The van der Waals surface area contributed by atoms with Crippen molar-refractivity contribution in [1.29, 1.82) is 0 Å². The first kappa shape index (κ1) is 10.8. The number of hydrogen-bond donors (Lipinski definition) is 1. The number of nitrogens with two attached hydrogens (primary N) is 1. The van der Waals surface area contributed by atoms with E-state index in [0.29, 0.717) is 17.7 Å². The summed E-state index contributed by atoms with van der Waals surface area (Å²) < 4.78 is 9.60. The van der Waals surface area contributed by atoms with Crippen molar-refractivity contribution < 1.29 is 4.74 Å². The minimum Gasteiger partial charge on any atom is -0.388 e. The highest BCUT2D eigenvalue weighted by atomic mass is 32.1. The number of rotatable bonds is 3. The van der Waals surface area contributed by atoms with Gasteiger partial charge in [-0.3, -0.25) is 0 Å². The van der Waals surface area contributed by atoms with Gasteiger partial charge < -0.3 is 10.5 Å². The summed E-state index contributed by atoms with van der Waals surface area (Å²) in [6.45, 7) is 0.521. The molecule has 1 heterocycles. The molecule has 0 aliphatic heterocycles. The van der Waals surface area contributed by atoms with Gasteiger partial charge in [-0.2, -0.15) is 0 Å². The van der Waals surface area contributed by atoms with E-state index in [1.165, 1.54) is 50.1 Å². The Balaban J connectivity index is 1.79. The quantitative estimate of drug-likeness (QED) is 0.805. The Hall–Kier alpha value is -0.680. The second-order valence-corrected chi connectivity index (χ2v) is 4.79. The Bertz CT molecular complexity index is 295. The van der Waals surface area contributed by atoms with E-state index in [1.807, 2.05) is 0 Å². The first-order valence-electron chi connectivity index (χ1n) is 5.54. The van der Waals surface area contributed by atoms with E-state index < -0.39 is 0 Å². The highest BCUT2D eigenvalue weighted by molar-refractivity contribution is 7.09. The fourth-order valence-corrected chi connectivity index (χ4v) is 2.35. The predicted octanol–water partition coefficient (Wildman–Crippen LogP) is 2.36. The molecule has 1 fully saturated rings. The number of anilines is 1. The summed E-state index contributed by atoms with van der Waals surface area (Å²) in [5.74, 6) is 0. The van der Waals surface area contributed by atoms with Crippen molar-refractivity contribution in [1.82, 2.24) is 9.59 Å². The van der Waals surface area contributed by atoms with E-state index in [1.54, 1.807) is 0 Å². The van der Waals surface area contributed by atoms with Gasteiger partial charge in [-0.05, 0) is 12.8 Å². The average Bonchev–Trinajstić information content (AvgIpc) is 2.53. The van der Waals surface area contributed by atoms with Crippen molar-refractivity contribution in [3.8, 4) is 0 Å². The molecule has 84 valence electrons. The fourth-order valence-electron chi connectivity index (χ4n) is 1.92. The van der Waals surface area contributed by atoms with Crippen LogP contribution in [0.25, 0.3) is 0 Å². The first-order valence-corrected chi connectivity index (χ1v) is 6.32. The summed E-state index contributed by atoms with van der Waals surface area (Å²) in [5.41, 5.74) is 6.50. The summed E-state index contributed by atoms with van der Waals surface area (Å²) >= 11 is 1.23. The lowest BCUT2D eigenvalue weighted by atomic mass is 10.1. The van der Waals surface area contributed by atoms with Gasteiger partial charge in [-0.25, -0.2) is 0 Å². The number of aromatic nitrogens is 2. The molecule has 1 aliphatic rings. The molecule has 0 spiro atoms. The van der Waals surface area contributed by atoms with Gasteiger partial charge in [0.2, 0.25) is 0 Å². The Morgan fingerprint density at radius 3 is 2.60 bits per heavy atom. The normalized spacial score (nSPS) is 18.9. The summed E-state index contributed by atoms with van der Waals surface area (Å²) in [7, 11) is 0. The van der Waals surface area contributed by atoms with E-state index in [-0.39, 0.29) is 0 Å². The van der Waals surface area contributed by atoms with Gasteiger partial charge >= 0.3 is 0 Å². The van der Waals surface area contributed by atoms with Crippen LogP contribution < -0.4 is 5.73 Å². The molecule has 0 amide bonds. The Labute approximate surface area is 94.0 Å². The molecule has 2 N–H and O–H groups in total. The Morgan fingerprint density at radius 2 is 2.00 bits per heavy atom. The molecular formula is C10H17N3OS. The molecule has 1 aromatic rings. The fraction of sp³-hybridized carbons (Fsp3) is 0.800. The maximum atomic E-state index is 5.81. The molecule has 1 aromatic heterocycles. The number of hydrogen-bond acceptors (Lipinski definition) is 5. The summed E-state index contributed by atoms with van der Waals surface area (Å²) in [5, 5.41) is 4.63. The summed E-state index contributed by atoms with van der Waals surface area (Å²) in [6, 6.07) is 0. The van der Waals surface area contributed by atoms with Crippen molar-refractivity contribution in [2.75, 3.05) is 5.73 Å². The van der Waals surface area contributed by atoms with Gasteiger partial charge in [0.15, 0.2) is 0 Å². The maximum Gasteiger partial charge on any atom is 0.133 e. The zero-order valence-corrected chi connectivity index (χ0v) is 9.63. The predicted molar refractivity (Wildman–Crippen MR) is 60.6 cm³/mol. The zero-order valence-electron chi connectivity index (χ0n) is 8.82. The lowest BCUT2D eigenvalue weighted by Gasteiger charge is -2.14. The van der Waals surface area contributed by atoms with Crippen molar-refractivity contribution in [2.45, 2.75) is 51.2 Å². The Morgan fingerprint density at radius 1 is 1.27 bits per heavy atom. The molecule has 0 aromatic carbocycles. The molecule has 2 rings (SSSR count). The molecule has 0 atom stereocenters. The molecular weight excluding hydrogens is 210 g/mol. The highest BCUT2D eigenvalue weighted by Crippen LogP contribution is 2.22. The molecule has 1 aliphatic carbocycles. The lowest BCUT2D eigenvalue weighted by molar-refractivity contribution is 0.0295. The van der Waals surface area contributed by atoms with Crippen LogP contribution in [0, 0.1) is 0 Å². The zero-order chi connectivity index (χ0) is 10.5. The van der Waals surface area contributed by atoms with Crippen LogP contribution in [-0.2, 0) is 11.3 Å². The second-order valence-electron chi connectivity index (χ2n) is 4.01. The third-order valence-electron chi connectivity index (χ3n) is 2.84. The molecule has 0 unspecified atom stereocenters. The maximum absolute atomic E-state index is 5.81. The standard InChI is InChI=1S/C10H17N3OS/c11-10-9(12-13-15-10)7-14-8-5-3-1-2-4-6-8/h8H,1-7,11H2. The van der Waals surface area contributed by atoms with E-state index in [4.69, 9.17) is 10.5 Å². The second kappa shape index (κ2) is 5.42. The topological polar surface area (TPSA) is 61.0 Å². The van der Waals surface area contributed by atoms with Crippen molar-refractivity contribution in [3.05, 3.63) is 5.69 Å². The van der Waals surface area contributed by atoms with Gasteiger partial charge in [0, 0.05) is 11.5 Å². The molecule has 0 bridgehead atoms. The van der Waals surface area contributed by atoms with Crippen molar-refractivity contribution in [2.24, 2.45) is 0 Å². The van der Waals surface area contributed by atoms with Crippen molar-refractivity contribution in [3.63, 3.8) is 0 Å². The summed E-state index contributed by atoms with van der Waals surface area (Å²) in [6.07, 6.45) is 8.02. The highest BCUT2D eigenvalue weighted by Gasteiger charge is 2.14. The van der Waals surface area contributed by atoms with E-state index in [0.717, 1.165) is 5.69 Å². The van der Waals surface area contributed by atoms with Crippen molar-refractivity contribution >= 4 is 16.5 Å². The van der Waals surface area contributed by atoms with Crippen LogP contribution in [0.1, 0.15) is 44.2 Å². The van der Waals surface area contributed by atoms with Gasteiger partial charge in [-0.15, -0.1) is 5.10 Å². The van der Waals surface area contributed by atoms with Crippen LogP contribution in [0.4, 0.5) is 5.00 Å². The molecule has 5 heteroatoms. The molecule has 0 radical (unpaired) electrons. The van der Waals surface area contributed by atoms with E-state index in [2.05, 4.69) is 9.59 Å². The number of nitrogens with zero attached hydrogens (tertiary/aromatic N) is 2. The van der Waals surface area contributed by atoms with Crippen LogP contribution >= 0.6 is 11.5 Å². The third kappa shape index (κ3) is 3.14. The van der Waals surface area contributed by atoms with Crippen LogP contribution in [0.3, 0.4) is 0 Å². The number of ether oxygens (including phenoxy) is 1. The third-order valence-corrected chi connectivity index (χ3v) is 3.44. The van der Waals surface area contributed by atoms with Crippen LogP contribution in [0.2, 0.25) is 0 Å². The molecule has 15 heavy (non-hydrogen) atoms. The monoisotopic (exact) mass is 227 g/mol. The van der Waals surface area contributed by atoms with Crippen LogP contribution in [0.5, 0.6) is 0 Å². The smallest absolute Gasteiger partial charge is 0.133 e. The van der Waals surface area contributed by atoms with Gasteiger partial charge in [0.1, 0.15) is 10.7 Å². The SMILES string of the molecule is Nc1snnc1COC1CCCCCC1. The molecule has 4 nitrogen and oxygen atoms in total. The largest absolute Gasteiger partial charge is 0.388 e. The molecule has 0 saturated heterocycles. The van der Waals surface area contributed by atoms with E-state index >= 15 is 0 Å². The minimum absolute atomic E-state index is 0.397. The minimum atomic E-state index is 0.397. The summed E-state index contributed by atoms with van der Waals surface area (Å²) in [4.78, 5) is 0. The Kier molecular flexibility index (Phi) is 3.91. The lowest BCUT2D eigenvalue weighted by Crippen LogP contribution is -2.12.